The van der Waals surface area contributed by atoms with Crippen molar-refractivity contribution in [3.63, 3.8) is 0 Å². The van der Waals surface area contributed by atoms with E-state index < -0.39 is 0 Å². The van der Waals surface area contributed by atoms with Crippen molar-refractivity contribution in [2.75, 3.05) is 0 Å². The van der Waals surface area contributed by atoms with Crippen molar-refractivity contribution >= 4 is 28.1 Å². The Morgan fingerprint density at radius 2 is 1.80 bits per heavy atom. The van der Waals surface area contributed by atoms with Crippen LogP contribution in [0.3, 0.4) is 0 Å². The van der Waals surface area contributed by atoms with Crippen molar-refractivity contribution in [1.82, 2.24) is 9.97 Å². The molecular weight excluding hydrogens is 328 g/mol. The molecule has 0 aliphatic rings. The highest BCUT2D eigenvalue weighted by atomic mass is 35.5. The SMILES string of the molecule is C=C(/C=C\C=C/C)c1cc(-c2ccccc2)cc2nc(Cl)nc(C)c12. The van der Waals surface area contributed by atoms with Crippen molar-refractivity contribution in [3.05, 3.63) is 89.9 Å². The van der Waals surface area contributed by atoms with Crippen LogP contribution in [0.25, 0.3) is 27.6 Å². The number of hydrogen-bond donors (Lipinski definition) is 0. The molecule has 0 saturated carbocycles. The Labute approximate surface area is 153 Å². The summed E-state index contributed by atoms with van der Waals surface area (Å²) in [6, 6.07) is 14.4. The topological polar surface area (TPSA) is 25.8 Å². The lowest BCUT2D eigenvalue weighted by atomic mass is 9.94. The van der Waals surface area contributed by atoms with Crippen LogP contribution in [-0.2, 0) is 0 Å². The quantitative estimate of drug-likeness (QED) is 0.403. The van der Waals surface area contributed by atoms with Gasteiger partial charge < -0.3 is 0 Å². The molecule has 1 aromatic heterocycles. The van der Waals surface area contributed by atoms with Gasteiger partial charge in [0.25, 0.3) is 0 Å². The fraction of sp³-hybridized carbons (Fsp3) is 0.0909. The highest BCUT2D eigenvalue weighted by Crippen LogP contribution is 2.32. The second-order valence-electron chi connectivity index (χ2n) is 5.77. The van der Waals surface area contributed by atoms with Crippen LogP contribution in [0.5, 0.6) is 0 Å². The van der Waals surface area contributed by atoms with Crippen molar-refractivity contribution in [2.45, 2.75) is 13.8 Å². The number of nitrogens with zero attached hydrogens (tertiary/aromatic N) is 2. The third-order valence-electron chi connectivity index (χ3n) is 4.01. The van der Waals surface area contributed by atoms with Crippen LogP contribution >= 0.6 is 11.6 Å². The molecule has 0 unspecified atom stereocenters. The van der Waals surface area contributed by atoms with Crippen LogP contribution in [0.4, 0.5) is 0 Å². The van der Waals surface area contributed by atoms with Gasteiger partial charge in [-0.25, -0.2) is 9.97 Å². The van der Waals surface area contributed by atoms with E-state index in [4.69, 9.17) is 11.6 Å². The lowest BCUT2D eigenvalue weighted by molar-refractivity contribution is 1.15. The molecule has 0 saturated heterocycles. The van der Waals surface area contributed by atoms with Crippen LogP contribution in [0.15, 0.2) is 73.3 Å². The van der Waals surface area contributed by atoms with Gasteiger partial charge in [-0.1, -0.05) is 61.2 Å². The molecule has 25 heavy (non-hydrogen) atoms. The van der Waals surface area contributed by atoms with Crippen molar-refractivity contribution in [1.29, 1.82) is 0 Å². The molecular formula is C22H19ClN2. The van der Waals surface area contributed by atoms with Crippen LogP contribution in [0.2, 0.25) is 5.28 Å². The summed E-state index contributed by atoms with van der Waals surface area (Å²) in [5.41, 5.74) is 5.82. The fourth-order valence-corrected chi connectivity index (χ4v) is 3.05. The van der Waals surface area contributed by atoms with E-state index >= 15 is 0 Å². The zero-order valence-corrected chi connectivity index (χ0v) is 15.1. The summed E-state index contributed by atoms with van der Waals surface area (Å²) in [6.07, 6.45) is 7.94. The minimum absolute atomic E-state index is 0.260. The van der Waals surface area contributed by atoms with E-state index in [1.807, 2.05) is 56.4 Å². The number of aryl methyl sites for hydroxylation is 1. The normalized spacial score (nSPS) is 11.6. The summed E-state index contributed by atoms with van der Waals surface area (Å²) in [5, 5.41) is 1.25. The van der Waals surface area contributed by atoms with Gasteiger partial charge in [-0.3, -0.25) is 0 Å². The lowest BCUT2D eigenvalue weighted by Gasteiger charge is -2.12. The molecule has 0 amide bonds. The standard InChI is InChI=1S/C22H19ClN2/c1-4-5-7-10-15(2)19-13-18(17-11-8-6-9-12-17)14-20-21(19)16(3)24-22(23)25-20/h4-14H,2H2,1,3H3/b5-4-,10-7-. The molecule has 1 heterocycles. The smallest absolute Gasteiger partial charge is 0.223 e. The Kier molecular flexibility index (Phi) is 5.11. The maximum atomic E-state index is 6.09. The molecule has 2 nitrogen and oxygen atoms in total. The van der Waals surface area contributed by atoms with Crippen LogP contribution in [0, 0.1) is 6.92 Å². The van der Waals surface area contributed by atoms with Crippen LogP contribution in [-0.4, -0.2) is 9.97 Å². The maximum absolute atomic E-state index is 6.09. The van der Waals surface area contributed by atoms with E-state index in [2.05, 4.69) is 40.8 Å². The Hall–Kier alpha value is -2.71. The maximum Gasteiger partial charge on any atom is 0.223 e. The Morgan fingerprint density at radius 3 is 2.52 bits per heavy atom. The number of benzene rings is 2. The van der Waals surface area contributed by atoms with Gasteiger partial charge >= 0.3 is 0 Å². The number of halogens is 1. The van der Waals surface area contributed by atoms with E-state index in [-0.39, 0.29) is 5.28 Å². The average molecular weight is 347 g/mol. The molecule has 0 atom stereocenters. The minimum atomic E-state index is 0.260. The highest BCUT2D eigenvalue weighted by Gasteiger charge is 2.12. The van der Waals surface area contributed by atoms with Gasteiger partial charge in [0.15, 0.2) is 0 Å². The van der Waals surface area contributed by atoms with Crippen LogP contribution < -0.4 is 0 Å². The Morgan fingerprint density at radius 1 is 1.04 bits per heavy atom. The van der Waals surface area contributed by atoms with Crippen LogP contribution in [0.1, 0.15) is 18.2 Å². The average Bonchev–Trinajstić information content (AvgIpc) is 2.61. The highest BCUT2D eigenvalue weighted by molar-refractivity contribution is 6.28. The first-order chi connectivity index (χ1) is 12.1. The number of fused-ring (bicyclic) bond motifs is 1. The molecule has 0 aliphatic carbocycles. The van der Waals surface area contributed by atoms with E-state index in [1.54, 1.807) is 0 Å². The second-order valence-corrected chi connectivity index (χ2v) is 6.11. The van der Waals surface area contributed by atoms with Gasteiger partial charge in [-0.05, 0) is 59.8 Å². The molecule has 2 aromatic carbocycles. The minimum Gasteiger partial charge on any atom is -0.223 e. The monoisotopic (exact) mass is 346 g/mol. The van der Waals surface area contributed by atoms with Gasteiger partial charge in [0.05, 0.1) is 11.2 Å². The van der Waals surface area contributed by atoms with Gasteiger partial charge in [0.1, 0.15) is 0 Å². The number of rotatable bonds is 4. The summed E-state index contributed by atoms with van der Waals surface area (Å²) in [7, 11) is 0. The zero-order valence-electron chi connectivity index (χ0n) is 14.3. The molecule has 0 bridgehead atoms. The van der Waals surface area contributed by atoms with Crippen molar-refractivity contribution < 1.29 is 0 Å². The summed E-state index contributed by atoms with van der Waals surface area (Å²) in [5.74, 6) is 0. The number of hydrogen-bond acceptors (Lipinski definition) is 2. The molecule has 0 N–H and O–H groups in total. The molecule has 0 radical (unpaired) electrons. The molecule has 0 aliphatic heterocycles. The molecule has 3 heteroatoms. The summed E-state index contributed by atoms with van der Waals surface area (Å²) < 4.78 is 0. The third kappa shape index (κ3) is 3.70. The van der Waals surface area contributed by atoms with Crippen molar-refractivity contribution in [2.24, 2.45) is 0 Å². The van der Waals surface area contributed by atoms with Crippen molar-refractivity contribution in [3.8, 4) is 11.1 Å². The lowest BCUT2D eigenvalue weighted by Crippen LogP contribution is -1.95. The van der Waals surface area contributed by atoms with E-state index in [9.17, 15) is 0 Å². The second kappa shape index (κ2) is 7.45. The molecule has 3 rings (SSSR count). The van der Waals surface area contributed by atoms with E-state index in [0.717, 1.165) is 38.9 Å². The first-order valence-electron chi connectivity index (χ1n) is 8.12. The largest absolute Gasteiger partial charge is 0.223 e. The summed E-state index contributed by atoms with van der Waals surface area (Å²) in [6.45, 7) is 8.17. The summed E-state index contributed by atoms with van der Waals surface area (Å²) in [4.78, 5) is 8.76. The molecule has 0 spiro atoms. The first-order valence-corrected chi connectivity index (χ1v) is 8.50. The molecule has 0 fully saturated rings. The molecule has 3 aromatic rings. The number of allylic oxidation sites excluding steroid dienone is 5. The predicted molar refractivity (Wildman–Crippen MR) is 108 cm³/mol. The Bertz CT molecular complexity index is 986. The van der Waals surface area contributed by atoms with Gasteiger partial charge in [-0.15, -0.1) is 0 Å². The van der Waals surface area contributed by atoms with E-state index in [1.165, 1.54) is 0 Å². The van der Waals surface area contributed by atoms with Gasteiger partial charge in [0.2, 0.25) is 5.28 Å². The van der Waals surface area contributed by atoms with Gasteiger partial charge in [-0.2, -0.15) is 0 Å². The first kappa shape index (κ1) is 17.1. The number of aromatic nitrogens is 2. The fourth-order valence-electron chi connectivity index (χ4n) is 2.84. The third-order valence-corrected chi connectivity index (χ3v) is 4.18. The summed E-state index contributed by atoms with van der Waals surface area (Å²) >= 11 is 6.09. The van der Waals surface area contributed by atoms with Gasteiger partial charge in [0, 0.05) is 5.39 Å². The zero-order chi connectivity index (χ0) is 17.8. The van der Waals surface area contributed by atoms with E-state index in [0.29, 0.717) is 0 Å². The predicted octanol–water partition coefficient (Wildman–Crippen LogP) is 6.40. The molecule has 124 valence electrons. The Balaban J connectivity index is 2.27.